The number of piperazine rings is 1. The number of amides is 4. The van der Waals surface area contributed by atoms with Crippen LogP contribution in [0, 0.1) is 5.82 Å². The van der Waals surface area contributed by atoms with E-state index in [9.17, 15) is 18.8 Å². The highest BCUT2D eigenvalue weighted by Gasteiger charge is 2.24. The maximum Gasteiger partial charge on any atom is 0.317 e. The lowest BCUT2D eigenvalue weighted by atomic mass is 9.96. The van der Waals surface area contributed by atoms with Crippen LogP contribution in [0.5, 0.6) is 0 Å². The monoisotopic (exact) mass is 577 g/mol. The summed E-state index contributed by atoms with van der Waals surface area (Å²) in [7, 11) is 0. The van der Waals surface area contributed by atoms with Crippen LogP contribution in [0.4, 0.5) is 20.6 Å². The summed E-state index contributed by atoms with van der Waals surface area (Å²) in [6, 6.07) is 17.4. The third kappa shape index (κ3) is 7.85. The number of benzene rings is 2. The zero-order chi connectivity index (χ0) is 28.6. The van der Waals surface area contributed by atoms with E-state index in [1.54, 1.807) is 24.3 Å². The number of urea groups is 1. The minimum Gasteiger partial charge on any atom is -0.368 e. The van der Waals surface area contributed by atoms with Crippen LogP contribution in [-0.4, -0.2) is 66.4 Å². The molecule has 0 atom stereocenters. The zero-order valence-corrected chi connectivity index (χ0v) is 23.9. The number of nitrogens with zero attached hydrogens (tertiary/aromatic N) is 3. The second-order valence-electron chi connectivity index (χ2n) is 10.6. The molecule has 4 amide bonds. The van der Waals surface area contributed by atoms with Gasteiger partial charge in [-0.3, -0.25) is 9.59 Å². The molecule has 2 N–H and O–H groups in total. The number of anilines is 2. The quantitative estimate of drug-likeness (QED) is 0.379. The van der Waals surface area contributed by atoms with E-state index in [1.807, 2.05) is 34.5 Å². The molecule has 2 fully saturated rings. The summed E-state index contributed by atoms with van der Waals surface area (Å²) < 4.78 is 13.4. The molecule has 1 saturated carbocycles. The van der Waals surface area contributed by atoms with Crippen molar-refractivity contribution in [2.24, 2.45) is 0 Å². The second-order valence-corrected chi connectivity index (χ2v) is 11.6. The normalized spacial score (nSPS) is 15.8. The summed E-state index contributed by atoms with van der Waals surface area (Å²) in [5.74, 6) is -0.920. The average Bonchev–Trinajstić information content (AvgIpc) is 3.54. The number of hydrogen-bond acceptors (Lipinski definition) is 5. The molecule has 1 saturated heterocycles. The van der Waals surface area contributed by atoms with Gasteiger partial charge in [0.2, 0.25) is 5.91 Å². The molecule has 3 aromatic rings. The molecule has 10 heteroatoms. The summed E-state index contributed by atoms with van der Waals surface area (Å²) in [5.41, 5.74) is 2.40. The van der Waals surface area contributed by atoms with Gasteiger partial charge in [0, 0.05) is 50.1 Å². The maximum absolute atomic E-state index is 13.4. The van der Waals surface area contributed by atoms with Crippen molar-refractivity contribution in [2.45, 2.75) is 44.7 Å². The number of carbonyl (C=O) groups is 3. The van der Waals surface area contributed by atoms with Gasteiger partial charge in [-0.2, -0.15) is 0 Å². The van der Waals surface area contributed by atoms with Crippen molar-refractivity contribution in [3.63, 3.8) is 0 Å². The second kappa shape index (κ2) is 13.6. The molecule has 41 heavy (non-hydrogen) atoms. The largest absolute Gasteiger partial charge is 0.368 e. The Morgan fingerprint density at radius 2 is 1.61 bits per heavy atom. The van der Waals surface area contributed by atoms with Gasteiger partial charge < -0.3 is 25.3 Å². The van der Waals surface area contributed by atoms with Crippen molar-refractivity contribution in [3.8, 4) is 0 Å². The molecule has 0 bridgehead atoms. The van der Waals surface area contributed by atoms with Crippen LogP contribution in [0.15, 0.2) is 66.0 Å². The van der Waals surface area contributed by atoms with Crippen molar-refractivity contribution in [1.29, 1.82) is 0 Å². The topological polar surface area (TPSA) is 85.0 Å². The SMILES string of the molecule is O=C(CN(Cc1ccc(F)cc1)C(=O)c1cccs1)Nc1ccc(N2CCN(C(=O)NC3CCCCC3)CC2)cc1. The fourth-order valence-corrected chi connectivity index (χ4v) is 6.07. The molecule has 0 radical (unpaired) electrons. The zero-order valence-electron chi connectivity index (χ0n) is 23.1. The first-order valence-corrected chi connectivity index (χ1v) is 15.1. The van der Waals surface area contributed by atoms with Crippen LogP contribution in [-0.2, 0) is 11.3 Å². The summed E-state index contributed by atoms with van der Waals surface area (Å²) >= 11 is 1.31. The molecule has 1 aromatic heterocycles. The van der Waals surface area contributed by atoms with Crippen molar-refractivity contribution < 1.29 is 18.8 Å². The van der Waals surface area contributed by atoms with E-state index in [4.69, 9.17) is 0 Å². The van der Waals surface area contributed by atoms with Crippen LogP contribution in [0.2, 0.25) is 0 Å². The third-order valence-electron chi connectivity index (χ3n) is 7.66. The predicted molar refractivity (Wildman–Crippen MR) is 160 cm³/mol. The third-order valence-corrected chi connectivity index (χ3v) is 8.51. The Balaban J connectivity index is 1.13. The number of halogens is 1. The Bertz CT molecular complexity index is 1300. The van der Waals surface area contributed by atoms with Gasteiger partial charge in [0.15, 0.2) is 0 Å². The highest BCUT2D eigenvalue weighted by Crippen LogP contribution is 2.21. The molecule has 2 heterocycles. The molecule has 2 aromatic carbocycles. The van der Waals surface area contributed by atoms with Crippen LogP contribution in [0.3, 0.4) is 0 Å². The summed E-state index contributed by atoms with van der Waals surface area (Å²) in [4.78, 5) is 44.9. The fraction of sp³-hybridized carbons (Fsp3) is 0.387. The van der Waals surface area contributed by atoms with Gasteiger partial charge in [-0.15, -0.1) is 11.3 Å². The van der Waals surface area contributed by atoms with Gasteiger partial charge in [-0.05, 0) is 66.2 Å². The number of carbonyl (C=O) groups excluding carboxylic acids is 3. The molecule has 0 spiro atoms. The van der Waals surface area contributed by atoms with Crippen LogP contribution >= 0.6 is 11.3 Å². The summed E-state index contributed by atoms with van der Waals surface area (Å²) in [6.07, 6.45) is 5.80. The minimum absolute atomic E-state index is 0.0423. The van der Waals surface area contributed by atoms with Gasteiger partial charge in [0.05, 0.1) is 4.88 Å². The summed E-state index contributed by atoms with van der Waals surface area (Å²) in [5, 5.41) is 7.91. The number of thiophene rings is 1. The van der Waals surface area contributed by atoms with E-state index in [2.05, 4.69) is 15.5 Å². The smallest absolute Gasteiger partial charge is 0.317 e. The molecule has 1 aliphatic heterocycles. The molecule has 2 aliphatic rings. The lowest BCUT2D eigenvalue weighted by Gasteiger charge is -2.37. The van der Waals surface area contributed by atoms with Gasteiger partial charge in [0.25, 0.3) is 5.91 Å². The van der Waals surface area contributed by atoms with Crippen LogP contribution < -0.4 is 15.5 Å². The van der Waals surface area contributed by atoms with E-state index in [-0.39, 0.29) is 36.8 Å². The van der Waals surface area contributed by atoms with Crippen LogP contribution in [0.25, 0.3) is 0 Å². The van der Waals surface area contributed by atoms with Crippen molar-refractivity contribution in [3.05, 3.63) is 82.3 Å². The average molecular weight is 578 g/mol. The Kier molecular flexibility index (Phi) is 9.51. The van der Waals surface area contributed by atoms with Gasteiger partial charge in [-0.25, -0.2) is 9.18 Å². The standard InChI is InChI=1S/C31H36FN5O3S/c32-24-10-8-23(9-11-24)21-37(30(39)28-7-4-20-41-28)22-29(38)33-26-12-14-27(15-13-26)35-16-18-36(19-17-35)31(40)34-25-5-2-1-3-6-25/h4,7-15,20,25H,1-3,5-6,16-19,21-22H2,(H,33,38)(H,34,40). The molecule has 8 nitrogen and oxygen atoms in total. The highest BCUT2D eigenvalue weighted by molar-refractivity contribution is 7.12. The lowest BCUT2D eigenvalue weighted by molar-refractivity contribution is -0.117. The van der Waals surface area contributed by atoms with Crippen molar-refractivity contribution >= 4 is 40.6 Å². The predicted octanol–water partition coefficient (Wildman–Crippen LogP) is 5.33. The Morgan fingerprint density at radius 3 is 2.27 bits per heavy atom. The fourth-order valence-electron chi connectivity index (χ4n) is 5.38. The van der Waals surface area contributed by atoms with Gasteiger partial charge in [-0.1, -0.05) is 37.5 Å². The van der Waals surface area contributed by atoms with Crippen LogP contribution in [0.1, 0.15) is 47.3 Å². The molecular formula is C31H36FN5O3S. The molecule has 5 rings (SSSR count). The van der Waals surface area contributed by atoms with E-state index >= 15 is 0 Å². The van der Waals surface area contributed by atoms with Crippen molar-refractivity contribution in [2.75, 3.05) is 42.9 Å². The van der Waals surface area contributed by atoms with E-state index in [0.29, 0.717) is 29.7 Å². The Labute approximate surface area is 244 Å². The van der Waals surface area contributed by atoms with E-state index in [1.165, 1.54) is 47.6 Å². The number of hydrogen-bond donors (Lipinski definition) is 2. The first kappa shape index (κ1) is 28.6. The number of rotatable bonds is 8. The van der Waals surface area contributed by atoms with Gasteiger partial charge in [0.1, 0.15) is 12.4 Å². The van der Waals surface area contributed by atoms with Crippen molar-refractivity contribution in [1.82, 2.24) is 15.1 Å². The first-order chi connectivity index (χ1) is 19.9. The Hall–Kier alpha value is -3.92. The maximum atomic E-state index is 13.4. The number of nitrogens with one attached hydrogen (secondary N) is 2. The molecule has 216 valence electrons. The molecular weight excluding hydrogens is 541 g/mol. The van der Waals surface area contributed by atoms with E-state index < -0.39 is 0 Å². The molecule has 1 aliphatic carbocycles. The summed E-state index contributed by atoms with van der Waals surface area (Å²) in [6.45, 7) is 2.87. The molecule has 0 unspecified atom stereocenters. The minimum atomic E-state index is -0.354. The van der Waals surface area contributed by atoms with Gasteiger partial charge >= 0.3 is 6.03 Å². The van der Waals surface area contributed by atoms with E-state index in [0.717, 1.165) is 37.2 Å². The lowest BCUT2D eigenvalue weighted by Crippen LogP contribution is -2.53. The highest BCUT2D eigenvalue weighted by atomic mass is 32.1. The first-order valence-electron chi connectivity index (χ1n) is 14.2. The Morgan fingerprint density at radius 1 is 0.902 bits per heavy atom.